The standard InChI is InChI=1S/C14H22N4O4S/c1-17-12(4-7-16-17)13(19)15-6-3-11-5-8-22-14(11)9-18(10-14)23(2,20)21/h4,7,11H,3,5-6,8-10H2,1-2H3,(H,15,19). The molecule has 2 aliphatic heterocycles. The summed E-state index contributed by atoms with van der Waals surface area (Å²) in [5, 5.41) is 6.87. The van der Waals surface area contributed by atoms with Crippen molar-refractivity contribution < 1.29 is 17.9 Å². The third-order valence-electron chi connectivity index (χ3n) is 4.79. The summed E-state index contributed by atoms with van der Waals surface area (Å²) in [6.45, 7) is 2.04. The zero-order valence-corrected chi connectivity index (χ0v) is 14.2. The fourth-order valence-electron chi connectivity index (χ4n) is 3.37. The molecule has 0 aliphatic carbocycles. The Bertz CT molecular complexity index is 693. The summed E-state index contributed by atoms with van der Waals surface area (Å²) in [4.78, 5) is 12.0. The summed E-state index contributed by atoms with van der Waals surface area (Å²) >= 11 is 0. The van der Waals surface area contributed by atoms with Gasteiger partial charge in [-0.1, -0.05) is 0 Å². The highest BCUT2D eigenvalue weighted by molar-refractivity contribution is 7.88. The van der Waals surface area contributed by atoms with E-state index in [2.05, 4.69) is 10.4 Å². The number of ether oxygens (including phenoxy) is 1. The first-order chi connectivity index (χ1) is 10.8. The number of sulfonamides is 1. The molecule has 9 heteroatoms. The molecule has 0 radical (unpaired) electrons. The van der Waals surface area contributed by atoms with E-state index in [1.54, 1.807) is 19.3 Å². The van der Waals surface area contributed by atoms with Gasteiger partial charge in [-0.05, 0) is 24.8 Å². The van der Waals surface area contributed by atoms with Crippen LogP contribution in [0.5, 0.6) is 0 Å². The molecule has 0 aromatic carbocycles. The van der Waals surface area contributed by atoms with E-state index in [9.17, 15) is 13.2 Å². The second kappa shape index (κ2) is 5.88. The van der Waals surface area contributed by atoms with Crippen LogP contribution < -0.4 is 5.32 Å². The first-order valence-corrected chi connectivity index (χ1v) is 9.52. The largest absolute Gasteiger partial charge is 0.372 e. The highest BCUT2D eigenvalue weighted by Gasteiger charge is 2.55. The molecule has 8 nitrogen and oxygen atoms in total. The first-order valence-electron chi connectivity index (χ1n) is 7.67. The maximum atomic E-state index is 12.0. The molecule has 2 saturated heterocycles. The molecule has 23 heavy (non-hydrogen) atoms. The van der Waals surface area contributed by atoms with Gasteiger partial charge in [0, 0.05) is 39.5 Å². The van der Waals surface area contributed by atoms with Crippen LogP contribution in [-0.4, -0.2) is 66.5 Å². The second-order valence-corrected chi connectivity index (χ2v) is 8.30. The van der Waals surface area contributed by atoms with Crippen LogP contribution in [0, 0.1) is 5.92 Å². The maximum absolute atomic E-state index is 12.0. The van der Waals surface area contributed by atoms with Gasteiger partial charge in [-0.15, -0.1) is 0 Å². The average Bonchev–Trinajstić information content (AvgIpc) is 3.01. The van der Waals surface area contributed by atoms with E-state index >= 15 is 0 Å². The Kier molecular flexibility index (Phi) is 4.19. The van der Waals surface area contributed by atoms with E-state index in [1.165, 1.54) is 15.2 Å². The molecule has 1 N–H and O–H groups in total. The molecule has 1 aromatic heterocycles. The Balaban J connectivity index is 1.51. The van der Waals surface area contributed by atoms with Gasteiger partial charge in [-0.25, -0.2) is 8.42 Å². The van der Waals surface area contributed by atoms with Gasteiger partial charge in [-0.2, -0.15) is 9.40 Å². The lowest BCUT2D eigenvalue weighted by Gasteiger charge is -2.48. The molecule has 1 aromatic rings. The molecule has 0 saturated carbocycles. The van der Waals surface area contributed by atoms with Crippen molar-refractivity contribution in [1.29, 1.82) is 0 Å². The SMILES string of the molecule is Cn1nccc1C(=O)NCCC1CCOC12CN(S(C)(=O)=O)C2. The lowest BCUT2D eigenvalue weighted by molar-refractivity contribution is -0.102. The summed E-state index contributed by atoms with van der Waals surface area (Å²) in [6, 6.07) is 1.67. The molecule has 1 atom stereocenters. The normalized spacial score (nSPS) is 23.8. The molecule has 0 bridgehead atoms. The van der Waals surface area contributed by atoms with Crippen LogP contribution in [0.25, 0.3) is 0 Å². The number of rotatable bonds is 5. The van der Waals surface area contributed by atoms with Gasteiger partial charge in [0.15, 0.2) is 0 Å². The summed E-state index contributed by atoms with van der Waals surface area (Å²) in [6.07, 6.45) is 4.49. The average molecular weight is 342 g/mol. The molecule has 3 heterocycles. The minimum atomic E-state index is -3.15. The number of hydrogen-bond acceptors (Lipinski definition) is 5. The highest BCUT2D eigenvalue weighted by Crippen LogP contribution is 2.42. The van der Waals surface area contributed by atoms with Crippen molar-refractivity contribution in [3.8, 4) is 0 Å². The monoisotopic (exact) mass is 342 g/mol. The van der Waals surface area contributed by atoms with Crippen LogP contribution >= 0.6 is 0 Å². The Morgan fingerprint density at radius 1 is 1.52 bits per heavy atom. The topological polar surface area (TPSA) is 93.5 Å². The number of hydrogen-bond donors (Lipinski definition) is 1. The summed E-state index contributed by atoms with van der Waals surface area (Å²) < 4.78 is 31.9. The smallest absolute Gasteiger partial charge is 0.269 e. The van der Waals surface area contributed by atoms with E-state index in [-0.39, 0.29) is 17.4 Å². The van der Waals surface area contributed by atoms with Gasteiger partial charge in [0.05, 0.1) is 11.9 Å². The fraction of sp³-hybridized carbons (Fsp3) is 0.714. The Hall–Kier alpha value is -1.45. The van der Waals surface area contributed by atoms with Gasteiger partial charge in [0.25, 0.3) is 5.91 Å². The van der Waals surface area contributed by atoms with Crippen molar-refractivity contribution in [2.24, 2.45) is 13.0 Å². The maximum Gasteiger partial charge on any atom is 0.269 e. The van der Waals surface area contributed by atoms with Crippen molar-refractivity contribution in [2.75, 3.05) is 32.5 Å². The molecule has 3 rings (SSSR count). The Labute approximate surface area is 135 Å². The minimum Gasteiger partial charge on any atom is -0.372 e. The Morgan fingerprint density at radius 2 is 2.26 bits per heavy atom. The van der Waals surface area contributed by atoms with Gasteiger partial charge < -0.3 is 10.1 Å². The van der Waals surface area contributed by atoms with E-state index in [0.29, 0.717) is 31.9 Å². The lowest BCUT2D eigenvalue weighted by atomic mass is 9.80. The van der Waals surface area contributed by atoms with Gasteiger partial charge in [0.2, 0.25) is 10.0 Å². The van der Waals surface area contributed by atoms with E-state index in [1.807, 2.05) is 0 Å². The van der Waals surface area contributed by atoms with Crippen LogP contribution in [0.15, 0.2) is 12.3 Å². The van der Waals surface area contributed by atoms with Crippen LogP contribution in [0.2, 0.25) is 0 Å². The summed E-state index contributed by atoms with van der Waals surface area (Å²) in [5.41, 5.74) is 0.162. The predicted octanol–water partition coefficient (Wildman–Crippen LogP) is -0.409. The molecule has 1 spiro atoms. The number of carbonyl (C=O) groups is 1. The predicted molar refractivity (Wildman–Crippen MR) is 83.4 cm³/mol. The van der Waals surface area contributed by atoms with Crippen LogP contribution in [0.3, 0.4) is 0 Å². The molecular formula is C14H22N4O4S. The van der Waals surface area contributed by atoms with Crippen molar-refractivity contribution in [1.82, 2.24) is 19.4 Å². The van der Waals surface area contributed by atoms with Crippen LogP contribution in [0.1, 0.15) is 23.3 Å². The number of nitrogens with zero attached hydrogens (tertiary/aromatic N) is 3. The lowest BCUT2D eigenvalue weighted by Crippen LogP contribution is -2.65. The van der Waals surface area contributed by atoms with Crippen molar-refractivity contribution in [3.63, 3.8) is 0 Å². The van der Waals surface area contributed by atoms with Crippen LogP contribution in [-0.2, 0) is 21.8 Å². The summed E-state index contributed by atoms with van der Waals surface area (Å²) in [7, 11) is -1.42. The third-order valence-corrected chi connectivity index (χ3v) is 5.98. The van der Waals surface area contributed by atoms with Crippen LogP contribution in [0.4, 0.5) is 0 Å². The van der Waals surface area contributed by atoms with Crippen molar-refractivity contribution in [3.05, 3.63) is 18.0 Å². The summed E-state index contributed by atoms with van der Waals surface area (Å²) in [5.74, 6) is 0.122. The highest BCUT2D eigenvalue weighted by atomic mass is 32.2. The number of nitrogens with one attached hydrogen (secondary N) is 1. The number of aryl methyl sites for hydroxylation is 1. The first kappa shape index (κ1) is 16.4. The van der Waals surface area contributed by atoms with Gasteiger partial charge in [0.1, 0.15) is 5.69 Å². The van der Waals surface area contributed by atoms with E-state index in [4.69, 9.17) is 4.74 Å². The quantitative estimate of drug-likeness (QED) is 0.785. The van der Waals surface area contributed by atoms with Gasteiger partial charge in [-0.3, -0.25) is 9.48 Å². The van der Waals surface area contributed by atoms with Crippen molar-refractivity contribution in [2.45, 2.75) is 18.4 Å². The fourth-order valence-corrected chi connectivity index (χ4v) is 4.28. The number of amides is 1. The zero-order valence-electron chi connectivity index (χ0n) is 13.4. The number of aromatic nitrogens is 2. The van der Waals surface area contributed by atoms with E-state index in [0.717, 1.165) is 12.8 Å². The van der Waals surface area contributed by atoms with E-state index < -0.39 is 10.0 Å². The number of carbonyl (C=O) groups excluding carboxylic acids is 1. The molecule has 1 amide bonds. The molecule has 2 fully saturated rings. The zero-order chi connectivity index (χ0) is 16.7. The second-order valence-electron chi connectivity index (χ2n) is 6.31. The molecular weight excluding hydrogens is 320 g/mol. The minimum absolute atomic E-state index is 0.149. The Morgan fingerprint density at radius 3 is 2.87 bits per heavy atom. The molecule has 1 unspecified atom stereocenters. The third kappa shape index (κ3) is 3.13. The molecule has 2 aliphatic rings. The molecule has 128 valence electrons. The van der Waals surface area contributed by atoms with Crippen molar-refractivity contribution >= 4 is 15.9 Å². The van der Waals surface area contributed by atoms with Gasteiger partial charge >= 0.3 is 0 Å².